The predicted molar refractivity (Wildman–Crippen MR) is 67.2 cm³/mol. The molecule has 0 atom stereocenters. The topological polar surface area (TPSA) is 63.4 Å². The van der Waals surface area contributed by atoms with Crippen LogP contribution in [0, 0.1) is 0 Å². The van der Waals surface area contributed by atoms with Gasteiger partial charge >= 0.3 is 0 Å². The molecule has 2 N–H and O–H groups in total. The molecule has 4 nitrogen and oxygen atoms in total. The van der Waals surface area contributed by atoms with Gasteiger partial charge in [-0.1, -0.05) is 13.8 Å². The monoisotopic (exact) mass is 262 g/mol. The Morgan fingerprint density at radius 3 is 2.50 bits per heavy atom. The number of hydrogen-bond acceptors (Lipinski definition) is 4. The highest BCUT2D eigenvalue weighted by Crippen LogP contribution is 2.24. The number of nitrogens with zero attached hydrogens (tertiary/aromatic N) is 1. The Kier molecular flexibility index (Phi) is 4.91. The highest BCUT2D eigenvalue weighted by atomic mass is 32.2. The fraction of sp³-hybridized carbons (Fsp3) is 0.600. The van der Waals surface area contributed by atoms with Crippen molar-refractivity contribution in [3.8, 4) is 0 Å². The predicted octanol–water partition coefficient (Wildman–Crippen LogP) is 1.28. The lowest BCUT2D eigenvalue weighted by Crippen LogP contribution is -2.34. The number of nitrogens with two attached hydrogens (primary N) is 1. The molecule has 0 aliphatic heterocycles. The molecule has 0 radical (unpaired) electrons. The fourth-order valence-electron chi connectivity index (χ4n) is 1.41. The Morgan fingerprint density at radius 1 is 1.38 bits per heavy atom. The first-order valence-corrected chi connectivity index (χ1v) is 7.60. The summed E-state index contributed by atoms with van der Waals surface area (Å²) in [5.41, 5.74) is 5.41. The number of hydrogen-bond donors (Lipinski definition) is 1. The largest absolute Gasteiger partial charge is 0.329 e. The third kappa shape index (κ3) is 2.82. The van der Waals surface area contributed by atoms with Crippen molar-refractivity contribution >= 4 is 21.4 Å². The maximum absolute atomic E-state index is 12.2. The summed E-state index contributed by atoms with van der Waals surface area (Å²) < 4.78 is 26.2. The number of rotatable bonds is 6. The summed E-state index contributed by atoms with van der Waals surface area (Å²) in [6.07, 6.45) is 0.864. The van der Waals surface area contributed by atoms with Gasteiger partial charge in [0.25, 0.3) is 10.0 Å². The fourth-order valence-corrected chi connectivity index (χ4v) is 4.32. The lowest BCUT2D eigenvalue weighted by molar-refractivity contribution is 0.437. The number of thiophene rings is 1. The second kappa shape index (κ2) is 5.77. The first-order valence-electron chi connectivity index (χ1n) is 5.35. The SMILES string of the molecule is CCc1ccc(S(=O)(=O)N(CC)CCN)s1. The minimum atomic E-state index is -3.33. The van der Waals surface area contributed by atoms with E-state index in [9.17, 15) is 8.42 Å². The van der Waals surface area contributed by atoms with E-state index >= 15 is 0 Å². The lowest BCUT2D eigenvalue weighted by atomic mass is 10.4. The molecule has 1 rings (SSSR count). The zero-order valence-electron chi connectivity index (χ0n) is 9.64. The third-order valence-corrected chi connectivity index (χ3v) is 5.98. The van der Waals surface area contributed by atoms with E-state index in [0.717, 1.165) is 11.3 Å². The zero-order valence-corrected chi connectivity index (χ0v) is 11.3. The van der Waals surface area contributed by atoms with Crippen molar-refractivity contribution in [1.82, 2.24) is 4.31 Å². The van der Waals surface area contributed by atoms with Crippen LogP contribution in [0.1, 0.15) is 18.7 Å². The molecule has 0 aliphatic carbocycles. The van der Waals surface area contributed by atoms with E-state index in [-0.39, 0.29) is 0 Å². The van der Waals surface area contributed by atoms with Gasteiger partial charge in [-0.2, -0.15) is 4.31 Å². The van der Waals surface area contributed by atoms with Crippen molar-refractivity contribution < 1.29 is 8.42 Å². The summed E-state index contributed by atoms with van der Waals surface area (Å²) in [6, 6.07) is 3.55. The molecular weight excluding hydrogens is 244 g/mol. The normalized spacial score (nSPS) is 12.2. The maximum atomic E-state index is 12.2. The van der Waals surface area contributed by atoms with Gasteiger partial charge in [-0.15, -0.1) is 11.3 Å². The first kappa shape index (κ1) is 13.6. The molecule has 0 spiro atoms. The molecule has 0 bridgehead atoms. The molecule has 0 aromatic carbocycles. The summed E-state index contributed by atoms with van der Waals surface area (Å²) >= 11 is 1.34. The molecule has 0 unspecified atom stereocenters. The molecule has 6 heteroatoms. The van der Waals surface area contributed by atoms with Crippen molar-refractivity contribution in [2.45, 2.75) is 24.5 Å². The minimum absolute atomic E-state index is 0.346. The summed E-state index contributed by atoms with van der Waals surface area (Å²) in [5, 5.41) is 0. The Morgan fingerprint density at radius 2 is 2.06 bits per heavy atom. The standard InChI is InChI=1S/C10H18N2O2S2/c1-3-9-5-6-10(15-9)16(13,14)12(4-2)8-7-11/h5-6H,3-4,7-8,11H2,1-2H3. The molecule has 0 saturated heterocycles. The Hall–Kier alpha value is -0.430. The summed E-state index contributed by atoms with van der Waals surface area (Å²) in [6.45, 7) is 5.01. The van der Waals surface area contributed by atoms with Crippen LogP contribution < -0.4 is 5.73 Å². The van der Waals surface area contributed by atoms with Gasteiger partial charge in [0, 0.05) is 24.5 Å². The van der Waals surface area contributed by atoms with E-state index in [0.29, 0.717) is 23.8 Å². The van der Waals surface area contributed by atoms with Crippen LogP contribution in [0.25, 0.3) is 0 Å². The van der Waals surface area contributed by atoms with Gasteiger partial charge in [-0.25, -0.2) is 8.42 Å². The zero-order chi connectivity index (χ0) is 12.2. The number of likely N-dealkylation sites (N-methyl/N-ethyl adjacent to an activating group) is 1. The molecule has 0 amide bonds. The highest BCUT2D eigenvalue weighted by molar-refractivity contribution is 7.91. The molecule has 16 heavy (non-hydrogen) atoms. The van der Waals surface area contributed by atoms with E-state index in [2.05, 4.69) is 0 Å². The van der Waals surface area contributed by atoms with E-state index in [1.54, 1.807) is 6.07 Å². The molecule has 1 heterocycles. The van der Waals surface area contributed by atoms with Crippen LogP contribution in [0.5, 0.6) is 0 Å². The Labute approximate surface area is 101 Å². The van der Waals surface area contributed by atoms with Crippen LogP contribution in [-0.4, -0.2) is 32.4 Å². The average molecular weight is 262 g/mol. The van der Waals surface area contributed by atoms with Gasteiger partial charge < -0.3 is 5.73 Å². The van der Waals surface area contributed by atoms with Crippen LogP contribution >= 0.6 is 11.3 Å². The van der Waals surface area contributed by atoms with Crippen molar-refractivity contribution in [3.63, 3.8) is 0 Å². The summed E-state index contributed by atoms with van der Waals surface area (Å²) in [7, 11) is -3.33. The highest BCUT2D eigenvalue weighted by Gasteiger charge is 2.23. The molecular formula is C10H18N2O2S2. The van der Waals surface area contributed by atoms with E-state index in [1.807, 2.05) is 19.9 Å². The first-order chi connectivity index (χ1) is 7.56. The van der Waals surface area contributed by atoms with Gasteiger partial charge in [0.15, 0.2) is 0 Å². The van der Waals surface area contributed by atoms with E-state index in [1.165, 1.54) is 15.6 Å². The van der Waals surface area contributed by atoms with E-state index in [4.69, 9.17) is 5.73 Å². The number of aryl methyl sites for hydroxylation is 1. The van der Waals surface area contributed by atoms with Crippen LogP contribution in [0.3, 0.4) is 0 Å². The molecule has 0 saturated carbocycles. The van der Waals surface area contributed by atoms with Crippen molar-refractivity contribution in [2.24, 2.45) is 5.73 Å². The average Bonchev–Trinajstić information content (AvgIpc) is 2.74. The summed E-state index contributed by atoms with van der Waals surface area (Å²) in [4.78, 5) is 1.09. The quantitative estimate of drug-likeness (QED) is 0.840. The second-order valence-electron chi connectivity index (χ2n) is 3.36. The summed E-state index contributed by atoms with van der Waals surface area (Å²) in [5.74, 6) is 0. The Bertz CT molecular complexity index is 426. The lowest BCUT2D eigenvalue weighted by Gasteiger charge is -2.18. The molecule has 0 aliphatic rings. The maximum Gasteiger partial charge on any atom is 0.252 e. The molecule has 1 aromatic rings. The number of sulfonamides is 1. The van der Waals surface area contributed by atoms with Gasteiger partial charge in [-0.05, 0) is 18.6 Å². The molecule has 92 valence electrons. The second-order valence-corrected chi connectivity index (χ2v) is 6.69. The van der Waals surface area contributed by atoms with Gasteiger partial charge in [0.05, 0.1) is 0 Å². The van der Waals surface area contributed by atoms with Crippen LogP contribution in [-0.2, 0) is 16.4 Å². The smallest absolute Gasteiger partial charge is 0.252 e. The van der Waals surface area contributed by atoms with Gasteiger partial charge in [0.1, 0.15) is 4.21 Å². The minimum Gasteiger partial charge on any atom is -0.329 e. The van der Waals surface area contributed by atoms with Crippen molar-refractivity contribution in [1.29, 1.82) is 0 Å². The van der Waals surface area contributed by atoms with Crippen molar-refractivity contribution in [2.75, 3.05) is 19.6 Å². The van der Waals surface area contributed by atoms with Crippen molar-refractivity contribution in [3.05, 3.63) is 17.0 Å². The van der Waals surface area contributed by atoms with Crippen LogP contribution in [0.15, 0.2) is 16.3 Å². The van der Waals surface area contributed by atoms with E-state index < -0.39 is 10.0 Å². The van der Waals surface area contributed by atoms with Gasteiger partial charge in [0.2, 0.25) is 0 Å². The van der Waals surface area contributed by atoms with Crippen LogP contribution in [0.4, 0.5) is 0 Å². The third-order valence-electron chi connectivity index (χ3n) is 2.31. The van der Waals surface area contributed by atoms with Gasteiger partial charge in [-0.3, -0.25) is 0 Å². The molecule has 1 aromatic heterocycles. The van der Waals surface area contributed by atoms with Crippen LogP contribution in [0.2, 0.25) is 0 Å². The Balaban J connectivity index is 2.99. The molecule has 0 fully saturated rings.